The van der Waals surface area contributed by atoms with E-state index in [4.69, 9.17) is 9.47 Å². The first kappa shape index (κ1) is 14.8. The number of hydrogen-bond acceptors (Lipinski definition) is 3. The zero-order valence-corrected chi connectivity index (χ0v) is 12.6. The zero-order chi connectivity index (χ0) is 14.7. The molecule has 1 N–H and O–H groups in total. The average Bonchev–Trinajstić information content (AvgIpc) is 2.42. The predicted molar refractivity (Wildman–Crippen MR) is 77.8 cm³/mol. The lowest BCUT2D eigenvalue weighted by molar-refractivity contribution is 0.190. The topological polar surface area (TPSA) is 38.7 Å². The van der Waals surface area contributed by atoms with E-state index >= 15 is 0 Å². The third-order valence-corrected chi connectivity index (χ3v) is 3.43. The SMILES string of the molecule is COc1cccc(Oc2cc(F)ccc2Br)c1C(C)O. The van der Waals surface area contributed by atoms with Crippen LogP contribution >= 0.6 is 15.9 Å². The van der Waals surface area contributed by atoms with Gasteiger partial charge in [-0.15, -0.1) is 0 Å². The van der Waals surface area contributed by atoms with Gasteiger partial charge in [0.1, 0.15) is 23.1 Å². The molecule has 0 aliphatic carbocycles. The molecule has 1 unspecified atom stereocenters. The monoisotopic (exact) mass is 340 g/mol. The molecular formula is C15H14BrFO3. The van der Waals surface area contributed by atoms with Crippen LogP contribution in [0.25, 0.3) is 0 Å². The van der Waals surface area contributed by atoms with E-state index in [9.17, 15) is 9.50 Å². The van der Waals surface area contributed by atoms with Crippen molar-refractivity contribution in [2.45, 2.75) is 13.0 Å². The number of aliphatic hydroxyl groups is 1. The van der Waals surface area contributed by atoms with E-state index in [1.54, 1.807) is 31.2 Å². The molecule has 0 aliphatic heterocycles. The summed E-state index contributed by atoms with van der Waals surface area (Å²) in [7, 11) is 1.52. The third-order valence-electron chi connectivity index (χ3n) is 2.78. The molecule has 3 nitrogen and oxygen atoms in total. The molecule has 20 heavy (non-hydrogen) atoms. The Kier molecular flexibility index (Phi) is 4.62. The van der Waals surface area contributed by atoms with Gasteiger partial charge in [-0.25, -0.2) is 4.39 Å². The average molecular weight is 341 g/mol. The van der Waals surface area contributed by atoms with Gasteiger partial charge in [-0.05, 0) is 47.1 Å². The summed E-state index contributed by atoms with van der Waals surface area (Å²) in [4.78, 5) is 0. The van der Waals surface area contributed by atoms with Crippen molar-refractivity contribution >= 4 is 15.9 Å². The molecule has 2 aromatic carbocycles. The van der Waals surface area contributed by atoms with Gasteiger partial charge < -0.3 is 14.6 Å². The molecule has 2 rings (SSSR count). The van der Waals surface area contributed by atoms with Crippen molar-refractivity contribution in [2.75, 3.05) is 7.11 Å². The van der Waals surface area contributed by atoms with Crippen LogP contribution in [0.15, 0.2) is 40.9 Å². The molecule has 0 radical (unpaired) electrons. The fourth-order valence-corrected chi connectivity index (χ4v) is 2.20. The lowest BCUT2D eigenvalue weighted by Gasteiger charge is -2.17. The summed E-state index contributed by atoms with van der Waals surface area (Å²) < 4.78 is 24.8. The number of halogens is 2. The molecule has 0 saturated carbocycles. The van der Waals surface area contributed by atoms with Gasteiger partial charge in [0, 0.05) is 6.07 Å². The second-order valence-corrected chi connectivity index (χ2v) is 5.08. The number of benzene rings is 2. The molecule has 5 heteroatoms. The molecule has 106 valence electrons. The molecule has 0 spiro atoms. The molecule has 1 atom stereocenters. The van der Waals surface area contributed by atoms with Crippen molar-refractivity contribution in [3.63, 3.8) is 0 Å². The highest BCUT2D eigenvalue weighted by atomic mass is 79.9. The number of ether oxygens (including phenoxy) is 2. The summed E-state index contributed by atoms with van der Waals surface area (Å²) >= 11 is 3.30. The summed E-state index contributed by atoms with van der Waals surface area (Å²) in [6.07, 6.45) is -0.770. The highest BCUT2D eigenvalue weighted by Gasteiger charge is 2.16. The summed E-state index contributed by atoms with van der Waals surface area (Å²) in [5, 5.41) is 9.87. The van der Waals surface area contributed by atoms with Crippen molar-refractivity contribution in [2.24, 2.45) is 0 Å². The highest BCUT2D eigenvalue weighted by Crippen LogP contribution is 2.38. The smallest absolute Gasteiger partial charge is 0.144 e. The Labute approximate surface area is 125 Å². The first-order valence-corrected chi connectivity index (χ1v) is 6.80. The van der Waals surface area contributed by atoms with Crippen LogP contribution < -0.4 is 9.47 Å². The minimum atomic E-state index is -0.770. The number of hydrogen-bond donors (Lipinski definition) is 1. The molecule has 0 saturated heterocycles. The van der Waals surface area contributed by atoms with E-state index in [0.717, 1.165) is 0 Å². The number of aliphatic hydroxyl groups excluding tert-OH is 1. The van der Waals surface area contributed by atoms with E-state index in [2.05, 4.69) is 15.9 Å². The standard InChI is InChI=1S/C15H14BrFO3/c1-9(18)15-12(19-2)4-3-5-13(15)20-14-8-10(17)6-7-11(14)16/h3-9,18H,1-2H3. The Morgan fingerprint density at radius 2 is 1.85 bits per heavy atom. The first-order chi connectivity index (χ1) is 9.52. The Morgan fingerprint density at radius 1 is 1.15 bits per heavy atom. The number of rotatable bonds is 4. The fourth-order valence-electron chi connectivity index (χ4n) is 1.88. The first-order valence-electron chi connectivity index (χ1n) is 6.00. The molecule has 0 aliphatic rings. The van der Waals surface area contributed by atoms with Gasteiger partial charge in [0.15, 0.2) is 0 Å². The van der Waals surface area contributed by atoms with E-state index in [-0.39, 0.29) is 0 Å². The van der Waals surface area contributed by atoms with E-state index in [1.165, 1.54) is 19.2 Å². The Hall–Kier alpha value is -1.59. The fraction of sp³-hybridized carbons (Fsp3) is 0.200. The van der Waals surface area contributed by atoms with E-state index < -0.39 is 11.9 Å². The second kappa shape index (κ2) is 6.24. The van der Waals surface area contributed by atoms with Crippen molar-refractivity contribution in [1.29, 1.82) is 0 Å². The van der Waals surface area contributed by atoms with Crippen LogP contribution in [0.2, 0.25) is 0 Å². The maximum absolute atomic E-state index is 13.3. The molecule has 0 fully saturated rings. The maximum Gasteiger partial charge on any atom is 0.144 e. The van der Waals surface area contributed by atoms with Gasteiger partial charge in [0.25, 0.3) is 0 Å². The highest BCUT2D eigenvalue weighted by molar-refractivity contribution is 9.10. The Morgan fingerprint density at radius 3 is 2.50 bits per heavy atom. The maximum atomic E-state index is 13.3. The van der Waals surface area contributed by atoms with Crippen LogP contribution in [-0.2, 0) is 0 Å². The summed E-state index contributed by atoms with van der Waals surface area (Å²) in [6, 6.07) is 9.34. The van der Waals surface area contributed by atoms with Gasteiger partial charge in [0.2, 0.25) is 0 Å². The van der Waals surface area contributed by atoms with Crippen LogP contribution in [0.1, 0.15) is 18.6 Å². The molecule has 0 amide bonds. The lowest BCUT2D eigenvalue weighted by Crippen LogP contribution is -2.00. The van der Waals surface area contributed by atoms with Gasteiger partial charge in [-0.1, -0.05) is 6.07 Å². The summed E-state index contributed by atoms with van der Waals surface area (Å²) in [5.74, 6) is 0.875. The molecule has 0 aromatic heterocycles. The minimum Gasteiger partial charge on any atom is -0.496 e. The number of methoxy groups -OCH3 is 1. The van der Waals surface area contributed by atoms with Crippen molar-refractivity contribution in [3.05, 3.63) is 52.3 Å². The van der Waals surface area contributed by atoms with Crippen LogP contribution in [0.5, 0.6) is 17.2 Å². The Balaban J connectivity index is 2.45. The van der Waals surface area contributed by atoms with E-state index in [0.29, 0.717) is 27.3 Å². The van der Waals surface area contributed by atoms with Crippen LogP contribution in [0.3, 0.4) is 0 Å². The molecule has 2 aromatic rings. The van der Waals surface area contributed by atoms with Gasteiger partial charge in [-0.3, -0.25) is 0 Å². The predicted octanol–water partition coefficient (Wildman–Crippen LogP) is 4.44. The van der Waals surface area contributed by atoms with Crippen molar-refractivity contribution in [1.82, 2.24) is 0 Å². The quantitative estimate of drug-likeness (QED) is 0.893. The minimum absolute atomic E-state index is 0.333. The largest absolute Gasteiger partial charge is 0.496 e. The van der Waals surface area contributed by atoms with Gasteiger partial charge >= 0.3 is 0 Å². The molecule has 0 bridgehead atoms. The van der Waals surface area contributed by atoms with Gasteiger partial charge in [0.05, 0.1) is 23.2 Å². The van der Waals surface area contributed by atoms with Crippen LogP contribution in [0.4, 0.5) is 4.39 Å². The molecular weight excluding hydrogens is 327 g/mol. The van der Waals surface area contributed by atoms with Gasteiger partial charge in [-0.2, -0.15) is 0 Å². The normalized spacial score (nSPS) is 12.1. The summed E-state index contributed by atoms with van der Waals surface area (Å²) in [5.41, 5.74) is 0.520. The van der Waals surface area contributed by atoms with E-state index in [1.807, 2.05) is 0 Å². The van der Waals surface area contributed by atoms with Crippen molar-refractivity contribution in [3.8, 4) is 17.2 Å². The van der Waals surface area contributed by atoms with Crippen LogP contribution in [0, 0.1) is 5.82 Å². The Bertz CT molecular complexity index is 614. The second-order valence-electron chi connectivity index (χ2n) is 4.22. The summed E-state index contributed by atoms with van der Waals surface area (Å²) in [6.45, 7) is 1.62. The zero-order valence-electron chi connectivity index (χ0n) is 11.1. The third kappa shape index (κ3) is 3.11. The lowest BCUT2D eigenvalue weighted by atomic mass is 10.1. The van der Waals surface area contributed by atoms with Crippen molar-refractivity contribution < 1.29 is 19.0 Å². The van der Waals surface area contributed by atoms with Crippen LogP contribution in [-0.4, -0.2) is 12.2 Å². The molecule has 0 heterocycles.